The second-order valence-corrected chi connectivity index (χ2v) is 7.69. The average Bonchev–Trinajstić information content (AvgIpc) is 3.37. The zero-order chi connectivity index (χ0) is 17.7. The van der Waals surface area contributed by atoms with Crippen molar-refractivity contribution in [1.82, 2.24) is 4.90 Å². The molecular weight excluding hydrogens is 326 g/mol. The molecule has 3 aliphatic rings. The molecule has 2 aromatic carbocycles. The van der Waals surface area contributed by atoms with Gasteiger partial charge in [0.15, 0.2) is 0 Å². The summed E-state index contributed by atoms with van der Waals surface area (Å²) in [4.78, 5) is 14.6. The first kappa shape index (κ1) is 15.9. The number of piperidine rings is 1. The molecule has 2 fully saturated rings. The van der Waals surface area contributed by atoms with Crippen LogP contribution in [-0.4, -0.2) is 41.4 Å². The van der Waals surface area contributed by atoms with Crippen LogP contribution >= 0.6 is 0 Å². The Kier molecular flexibility index (Phi) is 3.75. The predicted octanol–water partition coefficient (Wildman–Crippen LogP) is 3.78. The van der Waals surface area contributed by atoms with Crippen LogP contribution in [0.2, 0.25) is 0 Å². The van der Waals surface area contributed by atoms with E-state index in [0.717, 1.165) is 19.3 Å². The number of carbonyl (C=O) groups excluding carboxylic acids is 1. The minimum atomic E-state index is -0.266. The van der Waals surface area contributed by atoms with Crippen LogP contribution in [-0.2, 0) is 4.74 Å². The Morgan fingerprint density at radius 3 is 2.35 bits per heavy atom. The summed E-state index contributed by atoms with van der Waals surface area (Å²) in [5.74, 6) is 0.518. The van der Waals surface area contributed by atoms with Crippen molar-refractivity contribution in [3.8, 4) is 11.1 Å². The summed E-state index contributed by atoms with van der Waals surface area (Å²) in [5, 5.41) is 9.70. The number of amides is 1. The van der Waals surface area contributed by atoms with E-state index in [2.05, 4.69) is 36.4 Å². The smallest absolute Gasteiger partial charge is 0.410 e. The molecule has 1 heterocycles. The van der Waals surface area contributed by atoms with Crippen molar-refractivity contribution in [2.24, 2.45) is 5.92 Å². The third-order valence-electron chi connectivity index (χ3n) is 6.47. The van der Waals surface area contributed by atoms with Gasteiger partial charge >= 0.3 is 6.09 Å². The Hall–Kier alpha value is -2.33. The molecule has 2 aliphatic carbocycles. The first-order chi connectivity index (χ1) is 12.8. The molecule has 5 rings (SSSR count). The highest BCUT2D eigenvalue weighted by Crippen LogP contribution is 2.45. The molecule has 0 radical (unpaired) electrons. The number of hydrogen-bond acceptors (Lipinski definition) is 3. The first-order valence-corrected chi connectivity index (χ1v) is 9.52. The van der Waals surface area contributed by atoms with Crippen molar-refractivity contribution in [3.63, 3.8) is 0 Å². The number of hydrogen-bond donors (Lipinski definition) is 1. The van der Waals surface area contributed by atoms with Gasteiger partial charge in [-0.1, -0.05) is 48.5 Å². The zero-order valence-corrected chi connectivity index (χ0v) is 14.7. The molecule has 0 spiro atoms. The van der Waals surface area contributed by atoms with Crippen LogP contribution in [0.25, 0.3) is 11.1 Å². The Labute approximate surface area is 153 Å². The highest BCUT2D eigenvalue weighted by Gasteiger charge is 2.48. The molecule has 1 N–H and O–H groups in total. The monoisotopic (exact) mass is 349 g/mol. The second kappa shape index (κ2) is 6.13. The van der Waals surface area contributed by atoms with E-state index < -0.39 is 0 Å². The number of likely N-dealkylation sites (tertiary alicyclic amines) is 1. The summed E-state index contributed by atoms with van der Waals surface area (Å²) in [6.45, 7) is 0.379. The van der Waals surface area contributed by atoms with Gasteiger partial charge in [0, 0.05) is 12.0 Å². The topological polar surface area (TPSA) is 49.8 Å². The third kappa shape index (κ3) is 2.28. The molecule has 3 unspecified atom stereocenters. The maximum atomic E-state index is 12.8. The minimum Gasteiger partial charge on any atom is -0.448 e. The van der Waals surface area contributed by atoms with E-state index in [-0.39, 0.29) is 30.7 Å². The van der Waals surface area contributed by atoms with E-state index in [1.807, 2.05) is 12.1 Å². The van der Waals surface area contributed by atoms with Gasteiger partial charge in [-0.15, -0.1) is 0 Å². The molecule has 1 aliphatic heterocycles. The Bertz CT molecular complexity index is 803. The molecule has 0 aromatic heterocycles. The fourth-order valence-electron chi connectivity index (χ4n) is 5.28. The van der Waals surface area contributed by atoms with Gasteiger partial charge in [0.1, 0.15) is 6.61 Å². The molecule has 4 heteroatoms. The zero-order valence-electron chi connectivity index (χ0n) is 14.7. The van der Waals surface area contributed by atoms with Crippen molar-refractivity contribution < 1.29 is 14.6 Å². The summed E-state index contributed by atoms with van der Waals surface area (Å²) >= 11 is 0. The lowest BCUT2D eigenvalue weighted by atomic mass is 9.98. The van der Waals surface area contributed by atoms with Crippen LogP contribution in [0.4, 0.5) is 4.79 Å². The summed E-state index contributed by atoms with van der Waals surface area (Å²) in [6.07, 6.45) is 2.89. The lowest BCUT2D eigenvalue weighted by Gasteiger charge is -2.33. The van der Waals surface area contributed by atoms with Crippen LogP contribution < -0.4 is 0 Å². The number of aliphatic hydroxyl groups is 1. The number of rotatable bonds is 3. The first-order valence-electron chi connectivity index (χ1n) is 9.52. The molecule has 2 aromatic rings. The maximum absolute atomic E-state index is 12.8. The predicted molar refractivity (Wildman–Crippen MR) is 98.9 cm³/mol. The fraction of sp³-hybridized carbons (Fsp3) is 0.409. The SMILES string of the molecule is O=C(OCC1c2ccccc2-c2ccccc21)N1C2CCC(C2)C1CO. The Morgan fingerprint density at radius 2 is 1.69 bits per heavy atom. The molecule has 26 heavy (non-hydrogen) atoms. The molecule has 1 saturated carbocycles. The van der Waals surface area contributed by atoms with Gasteiger partial charge in [0.05, 0.1) is 12.6 Å². The molecule has 3 atom stereocenters. The molecule has 1 amide bonds. The third-order valence-corrected chi connectivity index (χ3v) is 6.47. The standard InChI is InChI=1S/C22H23NO3/c24-12-21-14-9-10-15(11-14)23(21)22(25)26-13-20-18-7-3-1-5-16(18)17-6-2-4-8-19(17)20/h1-8,14-15,20-21,24H,9-13H2. The highest BCUT2D eigenvalue weighted by atomic mass is 16.6. The Morgan fingerprint density at radius 1 is 1.04 bits per heavy atom. The Balaban J connectivity index is 1.37. The summed E-state index contributed by atoms with van der Waals surface area (Å²) < 4.78 is 5.78. The van der Waals surface area contributed by atoms with E-state index in [9.17, 15) is 9.90 Å². The van der Waals surface area contributed by atoms with Crippen molar-refractivity contribution in [1.29, 1.82) is 0 Å². The summed E-state index contributed by atoms with van der Waals surface area (Å²) in [5.41, 5.74) is 4.92. The van der Waals surface area contributed by atoms with Gasteiger partial charge < -0.3 is 9.84 Å². The molecular formula is C22H23NO3. The second-order valence-electron chi connectivity index (χ2n) is 7.69. The van der Waals surface area contributed by atoms with Gasteiger partial charge in [0.25, 0.3) is 0 Å². The van der Waals surface area contributed by atoms with Gasteiger partial charge in [-0.3, -0.25) is 4.90 Å². The van der Waals surface area contributed by atoms with Crippen LogP contribution in [0.15, 0.2) is 48.5 Å². The van der Waals surface area contributed by atoms with Gasteiger partial charge in [0.2, 0.25) is 0 Å². The molecule has 2 bridgehead atoms. The normalized spacial score (nSPS) is 26.0. The van der Waals surface area contributed by atoms with E-state index in [4.69, 9.17) is 4.74 Å². The average molecular weight is 349 g/mol. The number of benzene rings is 2. The van der Waals surface area contributed by atoms with E-state index in [1.165, 1.54) is 22.3 Å². The van der Waals surface area contributed by atoms with Crippen LogP contribution in [0.5, 0.6) is 0 Å². The van der Waals surface area contributed by atoms with Gasteiger partial charge in [-0.2, -0.15) is 0 Å². The van der Waals surface area contributed by atoms with Crippen molar-refractivity contribution in [2.45, 2.75) is 37.3 Å². The summed E-state index contributed by atoms with van der Waals surface area (Å²) in [7, 11) is 0. The van der Waals surface area contributed by atoms with E-state index in [1.54, 1.807) is 4.90 Å². The van der Waals surface area contributed by atoms with Crippen molar-refractivity contribution in [2.75, 3.05) is 13.2 Å². The van der Waals surface area contributed by atoms with Crippen molar-refractivity contribution >= 4 is 6.09 Å². The molecule has 1 saturated heterocycles. The van der Waals surface area contributed by atoms with Gasteiger partial charge in [-0.05, 0) is 47.4 Å². The maximum Gasteiger partial charge on any atom is 0.410 e. The van der Waals surface area contributed by atoms with Gasteiger partial charge in [-0.25, -0.2) is 4.79 Å². The fourth-order valence-corrected chi connectivity index (χ4v) is 5.28. The quantitative estimate of drug-likeness (QED) is 0.917. The number of nitrogens with zero attached hydrogens (tertiary/aromatic N) is 1. The van der Waals surface area contributed by atoms with Crippen molar-refractivity contribution in [3.05, 3.63) is 59.7 Å². The highest BCUT2D eigenvalue weighted by molar-refractivity contribution is 5.79. The molecule has 4 nitrogen and oxygen atoms in total. The van der Waals surface area contributed by atoms with Crippen LogP contribution in [0.3, 0.4) is 0 Å². The number of aliphatic hydroxyl groups excluding tert-OH is 1. The minimum absolute atomic E-state index is 0.0331. The van der Waals surface area contributed by atoms with Crippen LogP contribution in [0, 0.1) is 5.92 Å². The summed E-state index contributed by atoms with van der Waals surface area (Å²) in [6, 6.07) is 16.9. The lowest BCUT2D eigenvalue weighted by Crippen LogP contribution is -2.47. The molecule has 134 valence electrons. The lowest BCUT2D eigenvalue weighted by molar-refractivity contribution is 0.0490. The number of ether oxygens (including phenoxy) is 1. The van der Waals surface area contributed by atoms with E-state index in [0.29, 0.717) is 12.5 Å². The van der Waals surface area contributed by atoms with E-state index >= 15 is 0 Å². The number of carbonyl (C=O) groups is 1. The largest absolute Gasteiger partial charge is 0.448 e. The number of fused-ring (bicyclic) bond motifs is 5. The van der Waals surface area contributed by atoms with Crippen LogP contribution in [0.1, 0.15) is 36.3 Å².